The van der Waals surface area contributed by atoms with Gasteiger partial charge in [-0.15, -0.1) is 11.3 Å². The van der Waals surface area contributed by atoms with Gasteiger partial charge in [0.25, 0.3) is 5.91 Å². The Morgan fingerprint density at radius 1 is 1.31 bits per heavy atom. The predicted octanol–water partition coefficient (Wildman–Crippen LogP) is 3.93. The Balaban J connectivity index is 1.50. The molecule has 0 unspecified atom stereocenters. The van der Waals surface area contributed by atoms with Gasteiger partial charge in [0.1, 0.15) is 5.82 Å². The zero-order chi connectivity index (χ0) is 21.0. The molecular formula is C22H28FN3O2S. The number of amides is 2. The molecule has 1 N–H and O–H groups in total. The number of carbonyl (C=O) groups excluding carboxylic acids is 2. The number of likely N-dealkylation sites (tertiary alicyclic amines) is 1. The van der Waals surface area contributed by atoms with Crippen molar-refractivity contribution in [3.8, 4) is 0 Å². The number of halogens is 1. The van der Waals surface area contributed by atoms with Gasteiger partial charge in [-0.25, -0.2) is 9.37 Å². The van der Waals surface area contributed by atoms with Crippen molar-refractivity contribution in [1.29, 1.82) is 0 Å². The number of rotatable bonds is 6. The van der Waals surface area contributed by atoms with Crippen LogP contribution in [0.15, 0.2) is 23.6 Å². The summed E-state index contributed by atoms with van der Waals surface area (Å²) >= 11 is 1.65. The molecule has 1 fully saturated rings. The van der Waals surface area contributed by atoms with Gasteiger partial charge in [-0.05, 0) is 37.5 Å². The van der Waals surface area contributed by atoms with Gasteiger partial charge < -0.3 is 10.2 Å². The molecule has 2 heterocycles. The highest BCUT2D eigenvalue weighted by Crippen LogP contribution is 2.31. The molecule has 0 bridgehead atoms. The Labute approximate surface area is 175 Å². The number of nitrogens with zero attached hydrogens (tertiary/aromatic N) is 2. The van der Waals surface area contributed by atoms with Crippen molar-refractivity contribution in [3.63, 3.8) is 0 Å². The van der Waals surface area contributed by atoms with Crippen LogP contribution < -0.4 is 5.32 Å². The molecule has 5 nitrogen and oxygen atoms in total. The molecule has 1 aromatic carbocycles. The minimum atomic E-state index is -0.342. The highest BCUT2D eigenvalue weighted by atomic mass is 32.1. The highest BCUT2D eigenvalue weighted by molar-refractivity contribution is 7.09. The number of thiazole rings is 1. The van der Waals surface area contributed by atoms with E-state index in [0.717, 1.165) is 30.0 Å². The molecule has 2 amide bonds. The standard InChI is InChI=1S/C22H28FN3O2S/c1-14(2)20(27)24-9-6-18-13-29-21(25-18)16-7-10-26(11-8-16)22(28)17-5-4-15(3)19(23)12-17/h4-5,12-14,16H,6-11H2,1-3H3,(H,24,27). The van der Waals surface area contributed by atoms with Crippen LogP contribution in [-0.2, 0) is 11.2 Å². The first-order valence-corrected chi connectivity index (χ1v) is 11.0. The van der Waals surface area contributed by atoms with E-state index in [1.807, 2.05) is 13.8 Å². The number of aryl methyl sites for hydroxylation is 1. The van der Waals surface area contributed by atoms with Crippen molar-refractivity contribution in [3.05, 3.63) is 51.2 Å². The molecule has 29 heavy (non-hydrogen) atoms. The minimum absolute atomic E-state index is 0.00899. The molecule has 0 aliphatic carbocycles. The van der Waals surface area contributed by atoms with E-state index in [4.69, 9.17) is 4.98 Å². The summed E-state index contributed by atoms with van der Waals surface area (Å²) in [5, 5.41) is 6.08. The molecule has 2 aromatic rings. The molecule has 1 aliphatic rings. The van der Waals surface area contributed by atoms with E-state index in [0.29, 0.717) is 36.7 Å². The second-order valence-electron chi connectivity index (χ2n) is 7.90. The van der Waals surface area contributed by atoms with Crippen molar-refractivity contribution in [1.82, 2.24) is 15.2 Å². The molecule has 1 aromatic heterocycles. The van der Waals surface area contributed by atoms with Gasteiger partial charge in [0, 0.05) is 48.8 Å². The number of benzene rings is 1. The van der Waals surface area contributed by atoms with Crippen LogP contribution in [-0.4, -0.2) is 41.3 Å². The van der Waals surface area contributed by atoms with Gasteiger partial charge in [-0.1, -0.05) is 19.9 Å². The molecule has 7 heteroatoms. The zero-order valence-electron chi connectivity index (χ0n) is 17.2. The lowest BCUT2D eigenvalue weighted by molar-refractivity contribution is -0.123. The lowest BCUT2D eigenvalue weighted by Gasteiger charge is -2.31. The minimum Gasteiger partial charge on any atom is -0.355 e. The Morgan fingerprint density at radius 3 is 2.69 bits per heavy atom. The number of hydrogen-bond acceptors (Lipinski definition) is 4. The summed E-state index contributed by atoms with van der Waals surface area (Å²) in [6.07, 6.45) is 2.44. The number of carbonyl (C=O) groups is 2. The van der Waals surface area contributed by atoms with E-state index < -0.39 is 0 Å². The van der Waals surface area contributed by atoms with Crippen LogP contribution in [0.25, 0.3) is 0 Å². The molecule has 0 radical (unpaired) electrons. The van der Waals surface area contributed by atoms with Gasteiger partial charge in [0.05, 0.1) is 10.7 Å². The predicted molar refractivity (Wildman–Crippen MR) is 113 cm³/mol. The first kappa shape index (κ1) is 21.4. The van der Waals surface area contributed by atoms with Crippen LogP contribution in [0.5, 0.6) is 0 Å². The van der Waals surface area contributed by atoms with Crippen LogP contribution in [0.3, 0.4) is 0 Å². The van der Waals surface area contributed by atoms with Gasteiger partial charge >= 0.3 is 0 Å². The summed E-state index contributed by atoms with van der Waals surface area (Å²) in [5.41, 5.74) is 1.96. The lowest BCUT2D eigenvalue weighted by atomic mass is 9.97. The third-order valence-electron chi connectivity index (χ3n) is 5.32. The van der Waals surface area contributed by atoms with Crippen LogP contribution in [0.4, 0.5) is 4.39 Å². The second kappa shape index (κ2) is 9.48. The summed E-state index contributed by atoms with van der Waals surface area (Å²) in [5.74, 6) is -0.0530. The Morgan fingerprint density at radius 2 is 2.03 bits per heavy atom. The van der Waals surface area contributed by atoms with Crippen LogP contribution >= 0.6 is 11.3 Å². The van der Waals surface area contributed by atoms with Gasteiger partial charge in [0.15, 0.2) is 0 Å². The number of piperidine rings is 1. The molecule has 0 saturated carbocycles. The van der Waals surface area contributed by atoms with Gasteiger partial charge in [-0.2, -0.15) is 0 Å². The fourth-order valence-electron chi connectivity index (χ4n) is 3.38. The fourth-order valence-corrected chi connectivity index (χ4v) is 4.41. The van der Waals surface area contributed by atoms with Crippen molar-refractivity contribution in [2.75, 3.05) is 19.6 Å². The first-order chi connectivity index (χ1) is 13.8. The normalized spacial score (nSPS) is 15.0. The molecule has 1 aliphatic heterocycles. The average molecular weight is 418 g/mol. The second-order valence-corrected chi connectivity index (χ2v) is 8.79. The smallest absolute Gasteiger partial charge is 0.253 e. The summed E-state index contributed by atoms with van der Waals surface area (Å²) in [7, 11) is 0. The maximum atomic E-state index is 13.8. The van der Waals surface area contributed by atoms with E-state index in [2.05, 4.69) is 10.7 Å². The quantitative estimate of drug-likeness (QED) is 0.775. The number of hydrogen-bond donors (Lipinski definition) is 1. The van der Waals surface area contributed by atoms with Crippen LogP contribution in [0, 0.1) is 18.7 Å². The van der Waals surface area contributed by atoms with E-state index in [1.54, 1.807) is 35.3 Å². The Kier molecular flexibility index (Phi) is 7.00. The van der Waals surface area contributed by atoms with Crippen molar-refractivity contribution >= 4 is 23.2 Å². The Hall–Kier alpha value is -2.28. The molecule has 0 atom stereocenters. The Bertz CT molecular complexity index is 873. The van der Waals surface area contributed by atoms with Crippen LogP contribution in [0.2, 0.25) is 0 Å². The molecule has 3 rings (SSSR count). The van der Waals surface area contributed by atoms with E-state index in [1.165, 1.54) is 6.07 Å². The molecule has 1 saturated heterocycles. The van der Waals surface area contributed by atoms with E-state index >= 15 is 0 Å². The average Bonchev–Trinajstić information content (AvgIpc) is 3.18. The van der Waals surface area contributed by atoms with Crippen molar-refractivity contribution < 1.29 is 14.0 Å². The summed E-state index contributed by atoms with van der Waals surface area (Å²) in [4.78, 5) is 30.8. The van der Waals surface area contributed by atoms with Crippen molar-refractivity contribution in [2.45, 2.75) is 46.0 Å². The third kappa shape index (κ3) is 5.41. The summed E-state index contributed by atoms with van der Waals surface area (Å²) < 4.78 is 13.8. The lowest BCUT2D eigenvalue weighted by Crippen LogP contribution is -2.38. The number of aromatic nitrogens is 1. The van der Waals surface area contributed by atoms with E-state index in [-0.39, 0.29) is 23.5 Å². The summed E-state index contributed by atoms with van der Waals surface area (Å²) in [6, 6.07) is 4.67. The zero-order valence-corrected chi connectivity index (χ0v) is 18.0. The van der Waals surface area contributed by atoms with Crippen molar-refractivity contribution in [2.24, 2.45) is 5.92 Å². The maximum absolute atomic E-state index is 13.8. The summed E-state index contributed by atoms with van der Waals surface area (Å²) in [6.45, 7) is 7.35. The van der Waals surface area contributed by atoms with Crippen LogP contribution in [0.1, 0.15) is 59.2 Å². The third-order valence-corrected chi connectivity index (χ3v) is 6.38. The largest absolute Gasteiger partial charge is 0.355 e. The molecule has 156 valence electrons. The number of nitrogens with one attached hydrogen (secondary N) is 1. The molecule has 0 spiro atoms. The topological polar surface area (TPSA) is 62.3 Å². The SMILES string of the molecule is Cc1ccc(C(=O)N2CCC(c3nc(CCNC(=O)C(C)C)cs3)CC2)cc1F. The fraction of sp³-hybridized carbons (Fsp3) is 0.500. The maximum Gasteiger partial charge on any atom is 0.253 e. The monoisotopic (exact) mass is 417 g/mol. The van der Waals surface area contributed by atoms with Gasteiger partial charge in [-0.3, -0.25) is 9.59 Å². The highest BCUT2D eigenvalue weighted by Gasteiger charge is 2.26. The molecular weight excluding hydrogens is 389 g/mol. The van der Waals surface area contributed by atoms with E-state index in [9.17, 15) is 14.0 Å². The first-order valence-electron chi connectivity index (χ1n) is 10.1. The van der Waals surface area contributed by atoms with Gasteiger partial charge in [0.2, 0.25) is 5.91 Å².